The summed E-state index contributed by atoms with van der Waals surface area (Å²) in [7, 11) is 2.23. The molecule has 0 aromatic carbocycles. The molecule has 1 N–H and O–H groups in total. The number of rotatable bonds is 5. The number of thiophene rings is 1. The van der Waals surface area contributed by atoms with Gasteiger partial charge in [-0.2, -0.15) is 0 Å². The van der Waals surface area contributed by atoms with E-state index in [9.17, 15) is 0 Å². The topological polar surface area (TPSA) is 34.1 Å². The Morgan fingerprint density at radius 1 is 1.26 bits per heavy atom. The maximum Gasteiger partial charge on any atom is 0.194 e. The van der Waals surface area contributed by atoms with Crippen molar-refractivity contribution in [2.45, 2.75) is 26.3 Å². The molecule has 0 aliphatic carbocycles. The number of guanidine groups is 1. The molecule has 154 valence electrons. The van der Waals surface area contributed by atoms with Gasteiger partial charge in [-0.25, -0.2) is 0 Å². The highest BCUT2D eigenvalue weighted by Crippen LogP contribution is 2.23. The van der Waals surface area contributed by atoms with Crippen LogP contribution >= 0.6 is 51.2 Å². The van der Waals surface area contributed by atoms with Gasteiger partial charge >= 0.3 is 0 Å². The fourth-order valence-corrected chi connectivity index (χ4v) is 5.36. The van der Waals surface area contributed by atoms with E-state index in [1.54, 1.807) is 0 Å². The molecular formula is C19H33BrIN5S. The highest BCUT2D eigenvalue weighted by molar-refractivity contribution is 14.0. The Labute approximate surface area is 193 Å². The average Bonchev–Trinajstić information content (AvgIpc) is 3.04. The second-order valence-electron chi connectivity index (χ2n) is 7.43. The molecule has 3 rings (SSSR count). The number of nitrogens with one attached hydrogen (secondary N) is 1. The molecule has 2 aliphatic heterocycles. The summed E-state index contributed by atoms with van der Waals surface area (Å²) >= 11 is 5.40. The van der Waals surface area contributed by atoms with E-state index in [1.165, 1.54) is 34.6 Å². The van der Waals surface area contributed by atoms with Crippen LogP contribution < -0.4 is 5.32 Å². The Hall–Kier alpha value is 0.1000. The summed E-state index contributed by atoms with van der Waals surface area (Å²) in [6.45, 7) is 11.9. The summed E-state index contributed by atoms with van der Waals surface area (Å²) in [5, 5.41) is 3.51. The van der Waals surface area contributed by atoms with Gasteiger partial charge in [-0.3, -0.25) is 9.89 Å². The van der Waals surface area contributed by atoms with Crippen LogP contribution in [-0.4, -0.2) is 80.1 Å². The highest BCUT2D eigenvalue weighted by Gasteiger charge is 2.21. The predicted molar refractivity (Wildman–Crippen MR) is 130 cm³/mol. The molecular weight excluding hydrogens is 537 g/mol. The molecule has 0 bridgehead atoms. The van der Waals surface area contributed by atoms with Gasteiger partial charge in [0.15, 0.2) is 5.96 Å². The van der Waals surface area contributed by atoms with Crippen LogP contribution in [0.4, 0.5) is 0 Å². The Morgan fingerprint density at radius 3 is 2.67 bits per heavy atom. The Kier molecular flexibility index (Phi) is 10.3. The standard InChI is InChI=1S/C19H32BrN5S.HI/c1-3-21-19(22-13-16-5-4-8-23(2)14-16)25-11-9-24(10-12-25)15-17-6-7-18(20)26-17;/h6-7,16H,3-5,8-15H2,1-2H3,(H,21,22);1H. The van der Waals surface area contributed by atoms with Crippen molar-refractivity contribution in [1.82, 2.24) is 20.0 Å². The summed E-state index contributed by atoms with van der Waals surface area (Å²) in [6, 6.07) is 4.38. The Bertz CT molecular complexity index is 588. The lowest BCUT2D eigenvalue weighted by Crippen LogP contribution is -2.52. The normalized spacial score (nSPS) is 22.6. The number of hydrogen-bond donors (Lipinski definition) is 1. The van der Waals surface area contributed by atoms with Crippen LogP contribution in [0.2, 0.25) is 0 Å². The zero-order valence-electron chi connectivity index (χ0n) is 16.5. The first-order valence-corrected chi connectivity index (χ1v) is 11.4. The zero-order valence-corrected chi connectivity index (χ0v) is 21.2. The van der Waals surface area contributed by atoms with Crippen molar-refractivity contribution in [2.24, 2.45) is 10.9 Å². The van der Waals surface area contributed by atoms with Crippen LogP contribution in [0.5, 0.6) is 0 Å². The lowest BCUT2D eigenvalue weighted by molar-refractivity contribution is 0.173. The molecule has 0 spiro atoms. The molecule has 0 saturated carbocycles. The van der Waals surface area contributed by atoms with Gasteiger partial charge in [0, 0.05) is 57.2 Å². The van der Waals surface area contributed by atoms with Crippen LogP contribution in [0.3, 0.4) is 0 Å². The van der Waals surface area contributed by atoms with Crippen LogP contribution in [0.15, 0.2) is 20.9 Å². The van der Waals surface area contributed by atoms with Gasteiger partial charge < -0.3 is 15.1 Å². The van der Waals surface area contributed by atoms with Crippen molar-refractivity contribution in [2.75, 3.05) is 59.4 Å². The van der Waals surface area contributed by atoms with E-state index in [0.29, 0.717) is 5.92 Å². The minimum Gasteiger partial charge on any atom is -0.357 e. The molecule has 1 atom stereocenters. The van der Waals surface area contributed by atoms with E-state index in [2.05, 4.69) is 62.1 Å². The molecule has 2 saturated heterocycles. The minimum absolute atomic E-state index is 0. The number of likely N-dealkylation sites (tertiary alicyclic amines) is 1. The molecule has 0 radical (unpaired) electrons. The van der Waals surface area contributed by atoms with Crippen molar-refractivity contribution in [1.29, 1.82) is 0 Å². The molecule has 1 aromatic rings. The third-order valence-electron chi connectivity index (χ3n) is 5.24. The second kappa shape index (κ2) is 11.9. The molecule has 5 nitrogen and oxygen atoms in total. The maximum absolute atomic E-state index is 4.99. The molecule has 1 unspecified atom stereocenters. The van der Waals surface area contributed by atoms with Gasteiger partial charge in [-0.1, -0.05) is 0 Å². The first-order chi connectivity index (χ1) is 12.6. The quantitative estimate of drug-likeness (QED) is 0.334. The third kappa shape index (κ3) is 7.45. The van der Waals surface area contributed by atoms with E-state index in [4.69, 9.17) is 4.99 Å². The van der Waals surface area contributed by atoms with E-state index in [-0.39, 0.29) is 24.0 Å². The largest absolute Gasteiger partial charge is 0.357 e. The van der Waals surface area contributed by atoms with Crippen LogP contribution in [0.25, 0.3) is 0 Å². The Balaban J connectivity index is 0.00000261. The molecule has 3 heterocycles. The zero-order chi connectivity index (χ0) is 18.4. The van der Waals surface area contributed by atoms with Crippen molar-refractivity contribution < 1.29 is 0 Å². The predicted octanol–water partition coefficient (Wildman–Crippen LogP) is 3.55. The summed E-state index contributed by atoms with van der Waals surface area (Å²) in [6.07, 6.45) is 2.63. The van der Waals surface area contributed by atoms with Gasteiger partial charge in [0.05, 0.1) is 3.79 Å². The molecule has 2 aliphatic rings. The molecule has 27 heavy (non-hydrogen) atoms. The van der Waals surface area contributed by atoms with E-state index < -0.39 is 0 Å². The maximum atomic E-state index is 4.99. The summed E-state index contributed by atoms with van der Waals surface area (Å²) in [4.78, 5) is 13.9. The SMILES string of the molecule is CCNC(=NCC1CCCN(C)C1)N1CCN(Cc2ccc(Br)s2)CC1.I. The summed E-state index contributed by atoms with van der Waals surface area (Å²) < 4.78 is 1.22. The third-order valence-corrected chi connectivity index (χ3v) is 6.84. The van der Waals surface area contributed by atoms with Crippen molar-refractivity contribution >= 4 is 57.2 Å². The number of nitrogens with zero attached hydrogens (tertiary/aromatic N) is 4. The van der Waals surface area contributed by atoms with E-state index in [1.807, 2.05) is 11.3 Å². The lowest BCUT2D eigenvalue weighted by Gasteiger charge is -2.36. The number of piperidine rings is 1. The first kappa shape index (κ1) is 23.4. The molecule has 0 amide bonds. The van der Waals surface area contributed by atoms with Gasteiger partial charge in [0.25, 0.3) is 0 Å². The van der Waals surface area contributed by atoms with Crippen LogP contribution in [0.1, 0.15) is 24.6 Å². The number of hydrogen-bond acceptors (Lipinski definition) is 4. The van der Waals surface area contributed by atoms with Crippen molar-refractivity contribution in [3.63, 3.8) is 0 Å². The van der Waals surface area contributed by atoms with Crippen LogP contribution in [0, 0.1) is 5.92 Å². The van der Waals surface area contributed by atoms with Gasteiger partial charge in [0.2, 0.25) is 0 Å². The fraction of sp³-hybridized carbons (Fsp3) is 0.737. The van der Waals surface area contributed by atoms with Gasteiger partial charge in [0.1, 0.15) is 0 Å². The number of piperazine rings is 1. The van der Waals surface area contributed by atoms with Crippen molar-refractivity contribution in [3.8, 4) is 0 Å². The van der Waals surface area contributed by atoms with Crippen molar-refractivity contribution in [3.05, 3.63) is 20.8 Å². The first-order valence-electron chi connectivity index (χ1n) is 9.82. The summed E-state index contributed by atoms with van der Waals surface area (Å²) in [5.41, 5.74) is 0. The average molecular weight is 570 g/mol. The fourth-order valence-electron chi connectivity index (χ4n) is 3.84. The molecule has 8 heteroatoms. The number of halogens is 2. The van der Waals surface area contributed by atoms with E-state index >= 15 is 0 Å². The van der Waals surface area contributed by atoms with Crippen LogP contribution in [-0.2, 0) is 6.54 Å². The Morgan fingerprint density at radius 2 is 2.04 bits per heavy atom. The van der Waals surface area contributed by atoms with E-state index in [0.717, 1.165) is 51.8 Å². The highest BCUT2D eigenvalue weighted by atomic mass is 127. The number of aliphatic imine (C=N–C) groups is 1. The summed E-state index contributed by atoms with van der Waals surface area (Å²) in [5.74, 6) is 1.82. The molecule has 1 aromatic heterocycles. The molecule has 2 fully saturated rings. The second-order valence-corrected chi connectivity index (χ2v) is 9.98. The minimum atomic E-state index is 0. The van der Waals surface area contributed by atoms with Gasteiger partial charge in [-0.15, -0.1) is 35.3 Å². The monoisotopic (exact) mass is 569 g/mol. The smallest absolute Gasteiger partial charge is 0.194 e. The lowest BCUT2D eigenvalue weighted by atomic mass is 9.99. The van der Waals surface area contributed by atoms with Gasteiger partial charge in [-0.05, 0) is 67.3 Å².